The summed E-state index contributed by atoms with van der Waals surface area (Å²) in [7, 11) is 6.19. The normalized spacial score (nSPS) is 19.8. The highest BCUT2D eigenvalue weighted by Crippen LogP contribution is 2.46. The van der Waals surface area contributed by atoms with Crippen LogP contribution in [0.15, 0.2) is 79.0 Å². The van der Waals surface area contributed by atoms with Gasteiger partial charge in [-0.2, -0.15) is 0 Å². The highest BCUT2D eigenvalue weighted by molar-refractivity contribution is 6.09. The third-order valence-electron chi connectivity index (χ3n) is 8.07. The summed E-state index contributed by atoms with van der Waals surface area (Å²) in [5.41, 5.74) is 6.27. The van der Waals surface area contributed by atoms with E-state index in [1.54, 1.807) is 0 Å². The Kier molecular flexibility index (Phi) is 5.43. The number of aromatic nitrogens is 1. The van der Waals surface area contributed by atoms with E-state index in [-0.39, 0.29) is 5.54 Å². The molecule has 6 rings (SSSR count). The van der Waals surface area contributed by atoms with Crippen LogP contribution in [0, 0.1) is 0 Å². The van der Waals surface area contributed by atoms with Gasteiger partial charge in [0.1, 0.15) is 0 Å². The Morgan fingerprint density at radius 1 is 0.857 bits per heavy atom. The Labute approximate surface area is 206 Å². The molecule has 2 atom stereocenters. The Hall–Kier alpha value is -3.47. The molecule has 0 saturated heterocycles. The predicted molar refractivity (Wildman–Crippen MR) is 148 cm³/mol. The molecule has 5 aromatic rings. The molecule has 0 saturated carbocycles. The molecule has 0 fully saturated rings. The molecule has 1 heterocycles. The van der Waals surface area contributed by atoms with Crippen molar-refractivity contribution in [2.24, 2.45) is 0 Å². The molecule has 4 aromatic carbocycles. The van der Waals surface area contributed by atoms with Crippen molar-refractivity contribution < 1.29 is 0 Å². The summed E-state index contributed by atoms with van der Waals surface area (Å²) in [5, 5.41) is 17.1. The first-order valence-electron chi connectivity index (χ1n) is 12.5. The molecular formula is C31H32N4. The molecule has 0 bridgehead atoms. The summed E-state index contributed by atoms with van der Waals surface area (Å²) in [6, 6.07) is 27.2. The van der Waals surface area contributed by atoms with Crippen molar-refractivity contribution in [2.45, 2.75) is 30.8 Å². The number of fused-ring (bicyclic) bond motifs is 6. The van der Waals surface area contributed by atoms with Gasteiger partial charge >= 0.3 is 0 Å². The number of hydrogen-bond acceptors (Lipinski definition) is 4. The fourth-order valence-electron chi connectivity index (χ4n) is 6.19. The third kappa shape index (κ3) is 3.56. The molecule has 176 valence electrons. The molecular weight excluding hydrogens is 428 g/mol. The van der Waals surface area contributed by atoms with E-state index in [4.69, 9.17) is 0 Å². The number of anilines is 1. The molecule has 0 amide bonds. The first-order valence-corrected chi connectivity index (χ1v) is 12.5. The lowest BCUT2D eigenvalue weighted by atomic mass is 9.70. The second kappa shape index (κ2) is 8.63. The molecule has 0 radical (unpaired) electrons. The number of benzene rings is 4. The highest BCUT2D eigenvalue weighted by atomic mass is 15.0. The highest BCUT2D eigenvalue weighted by Gasteiger charge is 2.39. The van der Waals surface area contributed by atoms with Gasteiger partial charge in [0.25, 0.3) is 0 Å². The van der Waals surface area contributed by atoms with Crippen molar-refractivity contribution >= 4 is 38.1 Å². The fraction of sp³-hybridized carbons (Fsp3) is 0.258. The summed E-state index contributed by atoms with van der Waals surface area (Å²) in [5.74, 6) is 0. The summed E-state index contributed by atoms with van der Waals surface area (Å²) in [4.78, 5) is 4.51. The van der Waals surface area contributed by atoms with Crippen molar-refractivity contribution in [1.29, 1.82) is 0 Å². The maximum Gasteiger partial charge on any atom is 0.0702 e. The Balaban J connectivity index is 1.53. The zero-order valence-corrected chi connectivity index (χ0v) is 20.7. The van der Waals surface area contributed by atoms with Gasteiger partial charge in [0.05, 0.1) is 5.52 Å². The van der Waals surface area contributed by atoms with Crippen LogP contribution in [-0.4, -0.2) is 26.1 Å². The summed E-state index contributed by atoms with van der Waals surface area (Å²) in [6.45, 7) is 0. The fourth-order valence-corrected chi connectivity index (χ4v) is 6.19. The number of hydrogen-bond donors (Lipinski definition) is 3. The minimum atomic E-state index is -0.113. The van der Waals surface area contributed by atoms with Gasteiger partial charge < -0.3 is 16.0 Å². The van der Waals surface area contributed by atoms with Gasteiger partial charge in [0.2, 0.25) is 0 Å². The lowest BCUT2D eigenvalue weighted by Gasteiger charge is -2.43. The molecule has 3 N–H and O–H groups in total. The lowest BCUT2D eigenvalue weighted by molar-refractivity contribution is 0.277. The molecule has 1 aliphatic rings. The molecule has 2 unspecified atom stereocenters. The SMILES string of the molecule is CNc1ccc2c(ccc3c4c(ccc32)C(Cc2ccc3ncccc3c2)(NC)CCC4NC)c1. The van der Waals surface area contributed by atoms with Gasteiger partial charge in [-0.3, -0.25) is 4.98 Å². The summed E-state index contributed by atoms with van der Waals surface area (Å²) >= 11 is 0. The lowest BCUT2D eigenvalue weighted by Crippen LogP contribution is -2.46. The largest absolute Gasteiger partial charge is 0.388 e. The van der Waals surface area contributed by atoms with Crippen molar-refractivity contribution in [3.05, 3.63) is 95.7 Å². The maximum atomic E-state index is 4.51. The average molecular weight is 461 g/mol. The Bertz CT molecular complexity index is 1560. The van der Waals surface area contributed by atoms with Gasteiger partial charge in [0, 0.05) is 35.9 Å². The summed E-state index contributed by atoms with van der Waals surface area (Å²) in [6.07, 6.45) is 4.98. The van der Waals surface area contributed by atoms with E-state index in [0.717, 1.165) is 30.5 Å². The molecule has 35 heavy (non-hydrogen) atoms. The van der Waals surface area contributed by atoms with Crippen LogP contribution >= 0.6 is 0 Å². The van der Waals surface area contributed by atoms with E-state index >= 15 is 0 Å². The first kappa shape index (κ1) is 22.0. The van der Waals surface area contributed by atoms with Crippen LogP contribution in [0.5, 0.6) is 0 Å². The van der Waals surface area contributed by atoms with Crippen molar-refractivity contribution in [3.8, 4) is 0 Å². The number of likely N-dealkylation sites (N-methyl/N-ethyl adjacent to an activating group) is 1. The number of rotatable bonds is 5. The Morgan fingerprint density at radius 3 is 2.54 bits per heavy atom. The van der Waals surface area contributed by atoms with E-state index in [0.29, 0.717) is 6.04 Å². The molecule has 1 aromatic heterocycles. The van der Waals surface area contributed by atoms with Crippen molar-refractivity contribution in [1.82, 2.24) is 15.6 Å². The van der Waals surface area contributed by atoms with Crippen LogP contribution in [0.2, 0.25) is 0 Å². The predicted octanol–water partition coefficient (Wildman–Crippen LogP) is 6.29. The quantitative estimate of drug-likeness (QED) is 0.270. The monoisotopic (exact) mass is 460 g/mol. The number of nitrogens with one attached hydrogen (secondary N) is 3. The minimum absolute atomic E-state index is 0.113. The van der Waals surface area contributed by atoms with E-state index < -0.39 is 0 Å². The second-order valence-electron chi connectivity index (χ2n) is 9.79. The zero-order chi connectivity index (χ0) is 24.0. The Morgan fingerprint density at radius 2 is 1.71 bits per heavy atom. The molecule has 4 nitrogen and oxygen atoms in total. The standard InChI is InChI=1S/C31H32N4/c1-32-23-8-10-24-21(18-23)7-9-26-25(24)11-12-27-30(26)29(33-2)14-15-31(27,34-3)19-20-6-13-28-22(17-20)5-4-16-35-28/h4-13,16-18,29,32-34H,14-15,19H2,1-3H3. The van der Waals surface area contributed by atoms with E-state index in [9.17, 15) is 0 Å². The van der Waals surface area contributed by atoms with Crippen LogP contribution in [0.25, 0.3) is 32.4 Å². The van der Waals surface area contributed by atoms with Crippen LogP contribution in [0.3, 0.4) is 0 Å². The van der Waals surface area contributed by atoms with Crippen LogP contribution in [0.4, 0.5) is 5.69 Å². The van der Waals surface area contributed by atoms with Crippen molar-refractivity contribution in [2.75, 3.05) is 26.5 Å². The van der Waals surface area contributed by atoms with Gasteiger partial charge in [0.15, 0.2) is 0 Å². The molecule has 4 heteroatoms. The van der Waals surface area contributed by atoms with Crippen LogP contribution in [0.1, 0.15) is 35.6 Å². The molecule has 1 aliphatic carbocycles. The summed E-state index contributed by atoms with van der Waals surface area (Å²) < 4.78 is 0. The van der Waals surface area contributed by atoms with E-state index in [1.807, 2.05) is 19.3 Å². The third-order valence-corrected chi connectivity index (χ3v) is 8.07. The van der Waals surface area contributed by atoms with Crippen LogP contribution < -0.4 is 16.0 Å². The molecule has 0 spiro atoms. The van der Waals surface area contributed by atoms with Gasteiger partial charge in [-0.05, 0) is 102 Å². The smallest absolute Gasteiger partial charge is 0.0702 e. The molecule has 0 aliphatic heterocycles. The second-order valence-corrected chi connectivity index (χ2v) is 9.79. The minimum Gasteiger partial charge on any atom is -0.388 e. The van der Waals surface area contributed by atoms with Gasteiger partial charge in [-0.15, -0.1) is 0 Å². The van der Waals surface area contributed by atoms with Crippen LogP contribution in [-0.2, 0) is 12.0 Å². The van der Waals surface area contributed by atoms with Crippen molar-refractivity contribution in [3.63, 3.8) is 0 Å². The van der Waals surface area contributed by atoms with Gasteiger partial charge in [-0.1, -0.05) is 42.5 Å². The average Bonchev–Trinajstić information content (AvgIpc) is 2.92. The number of nitrogens with zero attached hydrogens (tertiary/aromatic N) is 1. The maximum absolute atomic E-state index is 4.51. The van der Waals surface area contributed by atoms with E-state index in [2.05, 4.69) is 102 Å². The number of pyridine rings is 1. The van der Waals surface area contributed by atoms with Gasteiger partial charge in [-0.25, -0.2) is 0 Å². The topological polar surface area (TPSA) is 49.0 Å². The first-order chi connectivity index (χ1) is 17.2. The zero-order valence-electron chi connectivity index (χ0n) is 20.7. The van der Waals surface area contributed by atoms with E-state index in [1.165, 1.54) is 43.6 Å².